The first-order chi connectivity index (χ1) is 13.6. The number of benzene rings is 1. The molecule has 3 aromatic rings. The van der Waals surface area contributed by atoms with Gasteiger partial charge in [0.15, 0.2) is 5.75 Å². The van der Waals surface area contributed by atoms with Crippen molar-refractivity contribution < 1.29 is 13.7 Å². The molecule has 1 atom stereocenters. The summed E-state index contributed by atoms with van der Waals surface area (Å²) in [4.78, 5) is 13.8. The second kappa shape index (κ2) is 8.46. The van der Waals surface area contributed by atoms with Crippen molar-refractivity contribution in [3.05, 3.63) is 47.5 Å². The zero-order valence-electron chi connectivity index (χ0n) is 15.8. The number of rotatable bonds is 6. The van der Waals surface area contributed by atoms with Crippen LogP contribution in [-0.4, -0.2) is 39.7 Å². The molecular formula is C20H23FN4O2S. The highest BCUT2D eigenvalue weighted by Crippen LogP contribution is 2.28. The van der Waals surface area contributed by atoms with Crippen LogP contribution in [0.25, 0.3) is 11.0 Å². The van der Waals surface area contributed by atoms with Gasteiger partial charge < -0.3 is 14.2 Å². The molecule has 3 heterocycles. The first-order valence-corrected chi connectivity index (χ1v) is 10.7. The van der Waals surface area contributed by atoms with Crippen molar-refractivity contribution >= 4 is 27.9 Å². The van der Waals surface area contributed by atoms with E-state index >= 15 is 0 Å². The minimum absolute atomic E-state index is 0.235. The molecule has 1 saturated heterocycles. The Kier molecular flexibility index (Phi) is 5.79. The number of pyridine rings is 1. The molecule has 1 aromatic carbocycles. The first kappa shape index (κ1) is 19.2. The normalized spacial score (nSPS) is 15.9. The summed E-state index contributed by atoms with van der Waals surface area (Å²) >= 11 is -1.40. The maximum Gasteiger partial charge on any atom is 0.322 e. The minimum atomic E-state index is -1.40. The number of nitrogens with zero attached hydrogens (tertiary/aromatic N) is 3. The van der Waals surface area contributed by atoms with E-state index in [0.29, 0.717) is 34.2 Å². The first-order valence-electron chi connectivity index (χ1n) is 9.39. The minimum Gasteiger partial charge on any atom is -0.609 e. The van der Waals surface area contributed by atoms with Crippen LogP contribution in [-0.2, 0) is 28.3 Å². The molecule has 1 aliphatic rings. The van der Waals surface area contributed by atoms with Crippen LogP contribution in [0.3, 0.4) is 0 Å². The fraction of sp³-hybridized carbons (Fsp3) is 0.400. The Morgan fingerprint density at radius 3 is 2.86 bits per heavy atom. The van der Waals surface area contributed by atoms with Crippen LogP contribution in [0.5, 0.6) is 0 Å². The van der Waals surface area contributed by atoms with Crippen molar-refractivity contribution in [2.45, 2.75) is 36.8 Å². The number of methoxy groups -OCH3 is 1. The number of piperidine rings is 1. The van der Waals surface area contributed by atoms with E-state index in [1.807, 2.05) is 12.1 Å². The molecule has 28 heavy (non-hydrogen) atoms. The molecule has 0 spiro atoms. The van der Waals surface area contributed by atoms with Crippen molar-refractivity contribution in [2.75, 3.05) is 25.1 Å². The monoisotopic (exact) mass is 402 g/mol. The lowest BCUT2D eigenvalue weighted by molar-refractivity contribution is 0.185. The number of imidazole rings is 1. The number of ether oxygens (including phenoxy) is 1. The average Bonchev–Trinajstić information content (AvgIpc) is 3.11. The largest absolute Gasteiger partial charge is 0.609 e. The molecule has 0 radical (unpaired) electrons. The molecule has 8 heteroatoms. The van der Waals surface area contributed by atoms with E-state index in [0.717, 1.165) is 31.5 Å². The molecule has 2 aromatic heterocycles. The number of nitrogens with one attached hydrogen (secondary N) is 1. The van der Waals surface area contributed by atoms with Gasteiger partial charge in [-0.25, -0.2) is 4.39 Å². The number of aromatic nitrogens is 3. The van der Waals surface area contributed by atoms with Crippen LogP contribution >= 0.6 is 0 Å². The summed E-state index contributed by atoms with van der Waals surface area (Å²) in [5.41, 5.74) is 3.44. The molecule has 0 amide bonds. The van der Waals surface area contributed by atoms with Gasteiger partial charge in [0.1, 0.15) is 5.82 Å². The summed E-state index contributed by atoms with van der Waals surface area (Å²) in [5, 5.41) is 0.337. The van der Waals surface area contributed by atoms with E-state index in [4.69, 9.17) is 4.74 Å². The van der Waals surface area contributed by atoms with Crippen LogP contribution in [0.15, 0.2) is 35.6 Å². The highest BCUT2D eigenvalue weighted by molar-refractivity contribution is 7.90. The number of hydrogen-bond acceptors (Lipinski definition) is 5. The number of hydrogen-bond donors (Lipinski definition) is 1. The maximum absolute atomic E-state index is 14.6. The van der Waals surface area contributed by atoms with Gasteiger partial charge in [0.05, 0.1) is 29.0 Å². The van der Waals surface area contributed by atoms with Gasteiger partial charge in [-0.1, -0.05) is 0 Å². The maximum atomic E-state index is 14.6. The smallest absolute Gasteiger partial charge is 0.322 e. The summed E-state index contributed by atoms with van der Waals surface area (Å²) in [6.07, 6.45) is 5.01. The second-order valence-electron chi connectivity index (χ2n) is 6.99. The Labute approximate surface area is 166 Å². The van der Waals surface area contributed by atoms with Gasteiger partial charge in [-0.15, -0.1) is 0 Å². The van der Waals surface area contributed by atoms with E-state index in [1.54, 1.807) is 19.4 Å². The molecule has 0 bridgehead atoms. The van der Waals surface area contributed by atoms with E-state index in [9.17, 15) is 8.94 Å². The Balaban J connectivity index is 1.56. The molecule has 1 N–H and O–H groups in total. The molecule has 1 unspecified atom stereocenters. The average molecular weight is 402 g/mol. The standard InChI is InChI=1S/C20H23FN4O2S/c1-27-12-14-5-6-22-15(9-14)13-28(26)20-23-17-10-16(21)19(11-18(17)24-20)25-7-3-2-4-8-25/h5-6,9-11H,2-4,7-8,12-13H2,1H3,(H,23,24). The van der Waals surface area contributed by atoms with Gasteiger partial charge >= 0.3 is 5.16 Å². The van der Waals surface area contributed by atoms with Gasteiger partial charge in [0.25, 0.3) is 0 Å². The number of aromatic amines is 1. The molecule has 1 fully saturated rings. The molecule has 0 aliphatic carbocycles. The van der Waals surface area contributed by atoms with Gasteiger partial charge in [0, 0.05) is 43.6 Å². The predicted molar refractivity (Wildman–Crippen MR) is 107 cm³/mol. The van der Waals surface area contributed by atoms with Crippen molar-refractivity contribution in [3.8, 4) is 0 Å². The van der Waals surface area contributed by atoms with Crippen molar-refractivity contribution in [1.29, 1.82) is 0 Å². The lowest BCUT2D eigenvalue weighted by atomic mass is 10.1. The Morgan fingerprint density at radius 1 is 1.25 bits per heavy atom. The summed E-state index contributed by atoms with van der Waals surface area (Å²) in [5.74, 6) is -0.0388. The number of H-pyrrole nitrogens is 1. The van der Waals surface area contributed by atoms with Crippen LogP contribution in [0.4, 0.5) is 10.1 Å². The van der Waals surface area contributed by atoms with Crippen molar-refractivity contribution in [3.63, 3.8) is 0 Å². The van der Waals surface area contributed by atoms with E-state index < -0.39 is 11.2 Å². The summed E-state index contributed by atoms with van der Waals surface area (Å²) < 4.78 is 32.5. The Hall–Kier alpha value is -2.16. The zero-order valence-corrected chi connectivity index (χ0v) is 16.6. The molecule has 6 nitrogen and oxygen atoms in total. The van der Waals surface area contributed by atoms with Gasteiger partial charge in [-0.05, 0) is 43.0 Å². The van der Waals surface area contributed by atoms with E-state index in [1.165, 1.54) is 12.5 Å². The molecule has 4 rings (SSSR count). The third-order valence-electron chi connectivity index (χ3n) is 4.91. The molecule has 0 saturated carbocycles. The third-order valence-corrected chi connectivity index (χ3v) is 6.09. The lowest BCUT2D eigenvalue weighted by Gasteiger charge is -2.29. The predicted octanol–water partition coefficient (Wildman–Crippen LogP) is 3.54. The molecule has 148 valence electrons. The Morgan fingerprint density at radius 2 is 2.07 bits per heavy atom. The number of fused-ring (bicyclic) bond motifs is 1. The topological polar surface area (TPSA) is 77.1 Å². The highest BCUT2D eigenvalue weighted by Gasteiger charge is 2.21. The van der Waals surface area contributed by atoms with Crippen LogP contribution < -0.4 is 4.90 Å². The number of anilines is 1. The SMILES string of the molecule is COCc1ccnc(C[S+]([O-])c2nc3cc(N4CCCCC4)c(F)cc3[nH]2)c1. The van der Waals surface area contributed by atoms with Gasteiger partial charge in [-0.3, -0.25) is 9.97 Å². The van der Waals surface area contributed by atoms with E-state index in [-0.39, 0.29) is 11.6 Å². The quantitative estimate of drug-likeness (QED) is 0.638. The van der Waals surface area contributed by atoms with Crippen LogP contribution in [0.1, 0.15) is 30.5 Å². The molecule has 1 aliphatic heterocycles. The third kappa shape index (κ3) is 4.14. The van der Waals surface area contributed by atoms with Crippen LogP contribution in [0.2, 0.25) is 0 Å². The fourth-order valence-corrected chi connectivity index (χ4v) is 4.53. The van der Waals surface area contributed by atoms with Crippen molar-refractivity contribution in [2.24, 2.45) is 0 Å². The van der Waals surface area contributed by atoms with E-state index in [2.05, 4.69) is 19.9 Å². The lowest BCUT2D eigenvalue weighted by Crippen LogP contribution is -2.30. The van der Waals surface area contributed by atoms with Gasteiger partial charge in [0.2, 0.25) is 0 Å². The Bertz CT molecular complexity index is 959. The number of halogens is 1. The van der Waals surface area contributed by atoms with Gasteiger partial charge in [-0.2, -0.15) is 4.98 Å². The highest BCUT2D eigenvalue weighted by atomic mass is 32.2. The summed E-state index contributed by atoms with van der Waals surface area (Å²) in [6, 6.07) is 6.94. The zero-order chi connectivity index (χ0) is 19.5. The molecular weight excluding hydrogens is 379 g/mol. The van der Waals surface area contributed by atoms with Crippen LogP contribution in [0, 0.1) is 5.82 Å². The fourth-order valence-electron chi connectivity index (χ4n) is 3.55. The van der Waals surface area contributed by atoms with Crippen molar-refractivity contribution in [1.82, 2.24) is 15.0 Å². The summed E-state index contributed by atoms with van der Waals surface area (Å²) in [7, 11) is 1.63. The second-order valence-corrected chi connectivity index (χ2v) is 8.36. The summed E-state index contributed by atoms with van der Waals surface area (Å²) in [6.45, 7) is 2.19.